The van der Waals surface area contributed by atoms with E-state index in [1.165, 1.54) is 24.4 Å². The van der Waals surface area contributed by atoms with E-state index in [1.807, 2.05) is 0 Å². The van der Waals surface area contributed by atoms with Crippen molar-refractivity contribution in [2.24, 2.45) is 0 Å². The highest BCUT2D eigenvalue weighted by atomic mass is 32.1. The van der Waals surface area contributed by atoms with Crippen molar-refractivity contribution in [1.29, 1.82) is 0 Å². The second kappa shape index (κ2) is 3.72. The maximum Gasteiger partial charge on any atom is 0.205 e. The molecular formula is C10H15N3OS. The molecule has 1 saturated heterocycles. The molecule has 1 aliphatic carbocycles. The Kier molecular flexibility index (Phi) is 2.36. The number of rotatable bonds is 3. The molecular weight excluding hydrogens is 210 g/mol. The van der Waals surface area contributed by atoms with Gasteiger partial charge in [0, 0.05) is 24.0 Å². The van der Waals surface area contributed by atoms with Crippen molar-refractivity contribution in [2.75, 3.05) is 18.1 Å². The van der Waals surface area contributed by atoms with E-state index >= 15 is 0 Å². The van der Waals surface area contributed by atoms with Crippen LogP contribution in [0.3, 0.4) is 0 Å². The van der Waals surface area contributed by atoms with Crippen molar-refractivity contribution in [3.63, 3.8) is 0 Å². The highest BCUT2D eigenvalue weighted by Gasteiger charge is 2.31. The minimum atomic E-state index is 0.234. The molecule has 0 amide bonds. The maximum atomic E-state index is 9.24. The molecule has 3 rings (SSSR count). The molecule has 4 nitrogen and oxygen atoms in total. The second-order valence-electron chi connectivity index (χ2n) is 4.38. The molecule has 5 heteroatoms. The molecule has 0 radical (unpaired) electrons. The van der Waals surface area contributed by atoms with Gasteiger partial charge in [-0.25, -0.2) is 4.98 Å². The van der Waals surface area contributed by atoms with Gasteiger partial charge in [-0.2, -0.15) is 4.37 Å². The third-order valence-corrected chi connectivity index (χ3v) is 3.97. The maximum absolute atomic E-state index is 9.24. The zero-order valence-corrected chi connectivity index (χ0v) is 9.41. The monoisotopic (exact) mass is 225 g/mol. The van der Waals surface area contributed by atoms with E-state index in [-0.39, 0.29) is 12.6 Å². The lowest BCUT2D eigenvalue weighted by molar-refractivity contribution is 0.266. The number of hydrogen-bond donors (Lipinski definition) is 1. The summed E-state index contributed by atoms with van der Waals surface area (Å²) in [4.78, 5) is 6.79. The zero-order chi connectivity index (χ0) is 10.3. The quantitative estimate of drug-likeness (QED) is 0.844. The lowest BCUT2D eigenvalue weighted by atomic mass is 10.2. The summed E-state index contributed by atoms with van der Waals surface area (Å²) in [7, 11) is 0. The summed E-state index contributed by atoms with van der Waals surface area (Å²) in [6.45, 7) is 1.25. The molecule has 0 spiro atoms. The summed E-state index contributed by atoms with van der Waals surface area (Å²) in [5.41, 5.74) is 0. The van der Waals surface area contributed by atoms with Gasteiger partial charge in [-0.1, -0.05) is 0 Å². The Labute approximate surface area is 93.1 Å². The highest BCUT2D eigenvalue weighted by Crippen LogP contribution is 2.40. The molecule has 1 aromatic heterocycles. The van der Waals surface area contributed by atoms with Gasteiger partial charge in [-0.05, 0) is 25.7 Å². The van der Waals surface area contributed by atoms with Crippen LogP contribution in [0.5, 0.6) is 0 Å². The normalized spacial score (nSPS) is 26.2. The van der Waals surface area contributed by atoms with Gasteiger partial charge in [-0.3, -0.25) is 0 Å². The second-order valence-corrected chi connectivity index (χ2v) is 5.11. The summed E-state index contributed by atoms with van der Waals surface area (Å²) in [6.07, 6.45) is 4.73. The van der Waals surface area contributed by atoms with Crippen LogP contribution in [-0.2, 0) is 0 Å². The van der Waals surface area contributed by atoms with Crippen LogP contribution in [0.2, 0.25) is 0 Å². The number of aromatic nitrogens is 2. The Morgan fingerprint density at radius 1 is 1.40 bits per heavy atom. The fraction of sp³-hybridized carbons (Fsp3) is 0.800. The molecule has 1 atom stereocenters. The molecule has 2 fully saturated rings. The van der Waals surface area contributed by atoms with E-state index in [2.05, 4.69) is 14.3 Å². The van der Waals surface area contributed by atoms with E-state index in [0.717, 1.165) is 30.3 Å². The van der Waals surface area contributed by atoms with Crippen LogP contribution in [-0.4, -0.2) is 33.7 Å². The van der Waals surface area contributed by atoms with Gasteiger partial charge < -0.3 is 10.0 Å². The first-order valence-electron chi connectivity index (χ1n) is 5.59. The molecule has 1 aromatic rings. The van der Waals surface area contributed by atoms with Crippen molar-refractivity contribution in [3.8, 4) is 0 Å². The van der Waals surface area contributed by atoms with E-state index in [1.54, 1.807) is 0 Å². The standard InChI is InChI=1S/C10H15N3OS/c14-6-8-2-1-5-13(8)10-11-9(12-15-10)7-3-4-7/h7-8,14H,1-6H2. The van der Waals surface area contributed by atoms with Crippen LogP contribution < -0.4 is 4.90 Å². The highest BCUT2D eigenvalue weighted by molar-refractivity contribution is 7.09. The number of aliphatic hydroxyl groups is 1. The average molecular weight is 225 g/mol. The van der Waals surface area contributed by atoms with Gasteiger partial charge in [0.1, 0.15) is 5.82 Å². The fourth-order valence-electron chi connectivity index (χ4n) is 2.13. The molecule has 1 saturated carbocycles. The first kappa shape index (κ1) is 9.54. The van der Waals surface area contributed by atoms with E-state index in [4.69, 9.17) is 0 Å². The number of nitrogens with zero attached hydrogens (tertiary/aromatic N) is 3. The van der Waals surface area contributed by atoms with Crippen LogP contribution in [0, 0.1) is 0 Å². The van der Waals surface area contributed by atoms with Gasteiger partial charge in [0.15, 0.2) is 0 Å². The van der Waals surface area contributed by atoms with Crippen LogP contribution >= 0.6 is 11.5 Å². The lowest BCUT2D eigenvalue weighted by Crippen LogP contribution is -2.31. The van der Waals surface area contributed by atoms with Crippen LogP contribution in [0.1, 0.15) is 37.4 Å². The first-order valence-corrected chi connectivity index (χ1v) is 6.37. The van der Waals surface area contributed by atoms with Crippen molar-refractivity contribution in [3.05, 3.63) is 5.82 Å². The Balaban J connectivity index is 1.78. The number of hydrogen-bond acceptors (Lipinski definition) is 5. The Morgan fingerprint density at radius 2 is 2.27 bits per heavy atom. The van der Waals surface area contributed by atoms with Crippen molar-refractivity contribution in [1.82, 2.24) is 9.36 Å². The molecule has 2 heterocycles. The molecule has 1 aliphatic heterocycles. The van der Waals surface area contributed by atoms with Crippen LogP contribution in [0.15, 0.2) is 0 Å². The molecule has 2 aliphatic rings. The Morgan fingerprint density at radius 3 is 3.00 bits per heavy atom. The molecule has 82 valence electrons. The van der Waals surface area contributed by atoms with Crippen molar-refractivity contribution < 1.29 is 5.11 Å². The first-order chi connectivity index (χ1) is 7.38. The Hall–Kier alpha value is -0.680. The largest absolute Gasteiger partial charge is 0.394 e. The molecule has 1 unspecified atom stereocenters. The fourth-order valence-corrected chi connectivity index (χ4v) is 2.97. The van der Waals surface area contributed by atoms with Gasteiger partial charge >= 0.3 is 0 Å². The van der Waals surface area contributed by atoms with E-state index < -0.39 is 0 Å². The van der Waals surface area contributed by atoms with Gasteiger partial charge in [0.05, 0.1) is 12.6 Å². The zero-order valence-electron chi connectivity index (χ0n) is 8.59. The van der Waals surface area contributed by atoms with Gasteiger partial charge in [0.25, 0.3) is 0 Å². The minimum absolute atomic E-state index is 0.234. The predicted octanol–water partition coefficient (Wildman–Crippen LogP) is 1.38. The Bertz CT molecular complexity index is 350. The van der Waals surface area contributed by atoms with Gasteiger partial charge in [0.2, 0.25) is 5.13 Å². The summed E-state index contributed by atoms with van der Waals surface area (Å²) in [5, 5.41) is 10.2. The van der Waals surface area contributed by atoms with Crippen LogP contribution in [0.25, 0.3) is 0 Å². The summed E-state index contributed by atoms with van der Waals surface area (Å²) >= 11 is 1.49. The third kappa shape index (κ3) is 1.74. The number of aliphatic hydroxyl groups excluding tert-OH is 1. The smallest absolute Gasteiger partial charge is 0.205 e. The lowest BCUT2D eigenvalue weighted by Gasteiger charge is -2.21. The molecule has 0 aromatic carbocycles. The summed E-state index contributed by atoms with van der Waals surface area (Å²) in [6, 6.07) is 0.269. The van der Waals surface area contributed by atoms with E-state index in [9.17, 15) is 5.11 Å². The SMILES string of the molecule is OCC1CCCN1c1nc(C2CC2)ns1. The minimum Gasteiger partial charge on any atom is -0.394 e. The van der Waals surface area contributed by atoms with Gasteiger partial charge in [-0.15, -0.1) is 0 Å². The topological polar surface area (TPSA) is 49.2 Å². The third-order valence-electron chi connectivity index (χ3n) is 3.21. The summed E-state index contributed by atoms with van der Waals surface area (Å²) < 4.78 is 4.40. The number of anilines is 1. The predicted molar refractivity (Wildman–Crippen MR) is 59.3 cm³/mol. The molecule has 1 N–H and O–H groups in total. The summed E-state index contributed by atoms with van der Waals surface area (Å²) in [5.74, 6) is 1.66. The average Bonchev–Trinajstić information content (AvgIpc) is 2.83. The van der Waals surface area contributed by atoms with Crippen LogP contribution in [0.4, 0.5) is 5.13 Å². The van der Waals surface area contributed by atoms with E-state index in [0.29, 0.717) is 5.92 Å². The van der Waals surface area contributed by atoms with Crippen molar-refractivity contribution >= 4 is 16.7 Å². The molecule has 15 heavy (non-hydrogen) atoms. The molecule has 0 bridgehead atoms. The van der Waals surface area contributed by atoms with Crippen molar-refractivity contribution in [2.45, 2.75) is 37.6 Å².